The molecule has 1 saturated carbocycles. The quantitative estimate of drug-likeness (QED) is 0.773. The molecule has 1 aliphatic heterocycles. The van der Waals surface area contributed by atoms with Gasteiger partial charge in [-0.2, -0.15) is 0 Å². The van der Waals surface area contributed by atoms with Gasteiger partial charge in [-0.05, 0) is 12.8 Å². The first-order chi connectivity index (χ1) is 9.65. The molecule has 2 N–H and O–H groups in total. The lowest BCUT2D eigenvalue weighted by Gasteiger charge is -2.30. The summed E-state index contributed by atoms with van der Waals surface area (Å²) in [5.41, 5.74) is 0. The Kier molecular flexibility index (Phi) is 5.79. The Balaban J connectivity index is 1.66. The van der Waals surface area contributed by atoms with Crippen molar-refractivity contribution in [3.8, 4) is 0 Å². The van der Waals surface area contributed by atoms with Crippen LogP contribution in [0.25, 0.3) is 0 Å². The van der Waals surface area contributed by atoms with Crippen LogP contribution in [-0.2, 0) is 14.3 Å². The number of ether oxygens (including phenoxy) is 1. The van der Waals surface area contributed by atoms with Crippen molar-refractivity contribution < 1.29 is 19.4 Å². The SMILES string of the molecule is O=C(CCN1CCOC(C(=O)O)C1)NC1CCCCC1. The van der Waals surface area contributed by atoms with Crippen LogP contribution in [0, 0.1) is 0 Å². The van der Waals surface area contributed by atoms with Gasteiger partial charge in [0, 0.05) is 32.1 Å². The van der Waals surface area contributed by atoms with Crippen molar-refractivity contribution in [2.45, 2.75) is 50.7 Å². The van der Waals surface area contributed by atoms with Gasteiger partial charge in [-0.25, -0.2) is 4.79 Å². The lowest BCUT2D eigenvalue weighted by atomic mass is 9.95. The van der Waals surface area contributed by atoms with Crippen molar-refractivity contribution in [3.63, 3.8) is 0 Å². The third kappa shape index (κ3) is 4.76. The Morgan fingerprint density at radius 3 is 2.70 bits per heavy atom. The molecule has 0 aromatic heterocycles. The van der Waals surface area contributed by atoms with E-state index in [0.717, 1.165) is 12.8 Å². The first kappa shape index (κ1) is 15.3. The topological polar surface area (TPSA) is 78.9 Å². The van der Waals surface area contributed by atoms with Gasteiger partial charge in [-0.1, -0.05) is 19.3 Å². The average molecular weight is 284 g/mol. The Morgan fingerprint density at radius 1 is 1.25 bits per heavy atom. The summed E-state index contributed by atoms with van der Waals surface area (Å²) in [6.07, 6.45) is 5.53. The minimum Gasteiger partial charge on any atom is -0.479 e. The van der Waals surface area contributed by atoms with E-state index < -0.39 is 12.1 Å². The van der Waals surface area contributed by atoms with Crippen molar-refractivity contribution in [1.82, 2.24) is 10.2 Å². The number of carboxylic acid groups (broad SMARTS) is 1. The number of hydrogen-bond acceptors (Lipinski definition) is 4. The number of aliphatic carboxylic acids is 1. The monoisotopic (exact) mass is 284 g/mol. The van der Waals surface area contributed by atoms with Gasteiger partial charge in [0.2, 0.25) is 5.91 Å². The van der Waals surface area contributed by atoms with E-state index in [1.54, 1.807) is 0 Å². The summed E-state index contributed by atoms with van der Waals surface area (Å²) >= 11 is 0. The minimum absolute atomic E-state index is 0.0790. The van der Waals surface area contributed by atoms with Crippen LogP contribution in [0.15, 0.2) is 0 Å². The molecular weight excluding hydrogens is 260 g/mol. The van der Waals surface area contributed by atoms with Crippen molar-refractivity contribution in [3.05, 3.63) is 0 Å². The second-order valence-electron chi connectivity index (χ2n) is 5.65. The third-order valence-electron chi connectivity index (χ3n) is 4.05. The summed E-state index contributed by atoms with van der Waals surface area (Å²) in [6, 6.07) is 0.340. The largest absolute Gasteiger partial charge is 0.479 e. The summed E-state index contributed by atoms with van der Waals surface area (Å²) < 4.78 is 5.16. The number of hydrogen-bond donors (Lipinski definition) is 2. The molecule has 1 atom stereocenters. The number of carbonyl (C=O) groups excluding carboxylic acids is 1. The predicted octanol–water partition coefficient (Wildman–Crippen LogP) is 0.611. The summed E-state index contributed by atoms with van der Waals surface area (Å²) in [5, 5.41) is 12.0. The molecule has 1 unspecified atom stereocenters. The van der Waals surface area contributed by atoms with Crippen LogP contribution in [0.3, 0.4) is 0 Å². The highest BCUT2D eigenvalue weighted by molar-refractivity contribution is 5.76. The Morgan fingerprint density at radius 2 is 2.00 bits per heavy atom. The van der Waals surface area contributed by atoms with E-state index >= 15 is 0 Å². The van der Waals surface area contributed by atoms with Crippen LogP contribution in [0.2, 0.25) is 0 Å². The van der Waals surface area contributed by atoms with Crippen LogP contribution < -0.4 is 5.32 Å². The third-order valence-corrected chi connectivity index (χ3v) is 4.05. The van der Waals surface area contributed by atoms with Crippen molar-refractivity contribution in [1.29, 1.82) is 0 Å². The number of rotatable bonds is 5. The lowest BCUT2D eigenvalue weighted by Crippen LogP contribution is -2.47. The zero-order valence-corrected chi connectivity index (χ0v) is 11.8. The molecule has 1 aliphatic carbocycles. The molecule has 0 aromatic carbocycles. The van der Waals surface area contributed by atoms with Crippen LogP contribution in [0.5, 0.6) is 0 Å². The maximum absolute atomic E-state index is 11.9. The summed E-state index contributed by atoms with van der Waals surface area (Å²) in [5.74, 6) is -0.850. The van der Waals surface area contributed by atoms with Gasteiger partial charge in [0.05, 0.1) is 6.61 Å². The standard InChI is InChI=1S/C14H24N2O4/c17-13(15-11-4-2-1-3-5-11)6-7-16-8-9-20-12(10-16)14(18)19/h11-12H,1-10H2,(H,15,17)(H,18,19). The molecule has 20 heavy (non-hydrogen) atoms. The van der Waals surface area contributed by atoms with Crippen LogP contribution in [0.4, 0.5) is 0 Å². The van der Waals surface area contributed by atoms with Crippen molar-refractivity contribution in [2.75, 3.05) is 26.2 Å². The number of morpholine rings is 1. The molecule has 0 spiro atoms. The van der Waals surface area contributed by atoms with E-state index in [1.165, 1.54) is 19.3 Å². The van der Waals surface area contributed by atoms with E-state index in [1.807, 2.05) is 4.90 Å². The number of nitrogens with zero attached hydrogens (tertiary/aromatic N) is 1. The van der Waals surface area contributed by atoms with Crippen LogP contribution in [-0.4, -0.2) is 60.3 Å². The van der Waals surface area contributed by atoms with Gasteiger partial charge in [-0.3, -0.25) is 9.69 Å². The molecule has 2 aliphatic rings. The molecule has 0 radical (unpaired) electrons. The first-order valence-corrected chi connectivity index (χ1v) is 7.51. The molecule has 1 amide bonds. The molecular formula is C14H24N2O4. The molecule has 1 heterocycles. The van der Waals surface area contributed by atoms with E-state index in [0.29, 0.717) is 38.7 Å². The van der Waals surface area contributed by atoms with Gasteiger partial charge < -0.3 is 15.2 Å². The zero-order chi connectivity index (χ0) is 14.4. The minimum atomic E-state index is -0.929. The van der Waals surface area contributed by atoms with E-state index in [-0.39, 0.29) is 5.91 Å². The normalized spacial score (nSPS) is 25.3. The number of carbonyl (C=O) groups is 2. The fraction of sp³-hybridized carbons (Fsp3) is 0.857. The number of carboxylic acids is 1. The highest BCUT2D eigenvalue weighted by Gasteiger charge is 2.26. The zero-order valence-electron chi connectivity index (χ0n) is 11.8. The highest BCUT2D eigenvalue weighted by Crippen LogP contribution is 2.17. The lowest BCUT2D eigenvalue weighted by molar-refractivity contribution is -0.156. The maximum atomic E-state index is 11.9. The summed E-state index contributed by atoms with van der Waals surface area (Å²) in [4.78, 5) is 24.7. The van der Waals surface area contributed by atoms with E-state index in [4.69, 9.17) is 9.84 Å². The van der Waals surface area contributed by atoms with Gasteiger partial charge >= 0.3 is 5.97 Å². The van der Waals surface area contributed by atoms with E-state index in [9.17, 15) is 9.59 Å². The Labute approximate surface area is 119 Å². The van der Waals surface area contributed by atoms with Crippen LogP contribution in [0.1, 0.15) is 38.5 Å². The molecule has 0 aromatic rings. The van der Waals surface area contributed by atoms with Gasteiger partial charge in [0.1, 0.15) is 0 Å². The fourth-order valence-electron chi connectivity index (χ4n) is 2.86. The van der Waals surface area contributed by atoms with Gasteiger partial charge in [0.25, 0.3) is 0 Å². The Bertz CT molecular complexity index is 342. The molecule has 6 heteroatoms. The second-order valence-corrected chi connectivity index (χ2v) is 5.65. The second kappa shape index (κ2) is 7.59. The molecule has 6 nitrogen and oxygen atoms in total. The van der Waals surface area contributed by atoms with E-state index in [2.05, 4.69) is 5.32 Å². The summed E-state index contributed by atoms with van der Waals surface area (Å²) in [7, 11) is 0. The molecule has 1 saturated heterocycles. The fourth-order valence-corrected chi connectivity index (χ4v) is 2.86. The van der Waals surface area contributed by atoms with Crippen molar-refractivity contribution >= 4 is 11.9 Å². The smallest absolute Gasteiger partial charge is 0.334 e. The number of amides is 1. The molecule has 2 fully saturated rings. The first-order valence-electron chi connectivity index (χ1n) is 7.51. The Hall–Kier alpha value is -1.14. The molecule has 2 rings (SSSR count). The van der Waals surface area contributed by atoms with Gasteiger partial charge in [0.15, 0.2) is 6.10 Å². The van der Waals surface area contributed by atoms with Crippen LogP contribution >= 0.6 is 0 Å². The average Bonchev–Trinajstić information content (AvgIpc) is 2.46. The maximum Gasteiger partial charge on any atom is 0.334 e. The predicted molar refractivity (Wildman–Crippen MR) is 73.4 cm³/mol. The summed E-state index contributed by atoms with van der Waals surface area (Å²) in [6.45, 7) is 2.08. The number of nitrogens with one attached hydrogen (secondary N) is 1. The molecule has 114 valence electrons. The van der Waals surface area contributed by atoms with Gasteiger partial charge in [-0.15, -0.1) is 0 Å². The molecule has 0 bridgehead atoms. The highest BCUT2D eigenvalue weighted by atomic mass is 16.5. The van der Waals surface area contributed by atoms with Crippen molar-refractivity contribution in [2.24, 2.45) is 0 Å².